The highest BCUT2D eigenvalue weighted by molar-refractivity contribution is 5.96. The van der Waals surface area contributed by atoms with Crippen LogP contribution in [0, 0.1) is 13.8 Å². The van der Waals surface area contributed by atoms with Crippen LogP contribution in [-0.4, -0.2) is 15.9 Å². The average Bonchev–Trinajstić information content (AvgIpc) is 2.93. The van der Waals surface area contributed by atoms with Crippen LogP contribution in [0.25, 0.3) is 11.0 Å². The second-order valence-corrected chi connectivity index (χ2v) is 5.33. The van der Waals surface area contributed by atoms with Crippen molar-refractivity contribution < 1.29 is 9.21 Å². The Morgan fingerprint density at radius 3 is 2.73 bits per heavy atom. The molecule has 1 N–H and O–H groups in total. The van der Waals surface area contributed by atoms with E-state index in [2.05, 4.69) is 15.3 Å². The van der Waals surface area contributed by atoms with Crippen molar-refractivity contribution in [1.29, 1.82) is 0 Å². The first kappa shape index (κ1) is 14.3. The van der Waals surface area contributed by atoms with E-state index in [0.717, 1.165) is 27.9 Å². The predicted octanol–water partition coefficient (Wildman–Crippen LogP) is 3.33. The molecule has 1 amide bonds. The monoisotopic (exact) mass is 295 g/mol. The first-order valence-corrected chi connectivity index (χ1v) is 7.14. The summed E-state index contributed by atoms with van der Waals surface area (Å²) in [6, 6.07) is 7.35. The number of aromatic nitrogens is 2. The highest BCUT2D eigenvalue weighted by atomic mass is 16.3. The molecule has 1 aromatic carbocycles. The van der Waals surface area contributed by atoms with Crippen LogP contribution in [0.2, 0.25) is 0 Å². The normalized spacial score (nSPS) is 12.3. The molecule has 5 heteroatoms. The zero-order chi connectivity index (χ0) is 15.7. The second-order valence-electron chi connectivity index (χ2n) is 5.33. The Morgan fingerprint density at radius 1 is 1.23 bits per heavy atom. The number of amides is 1. The van der Waals surface area contributed by atoms with E-state index in [4.69, 9.17) is 4.42 Å². The maximum Gasteiger partial charge on any atom is 0.287 e. The van der Waals surface area contributed by atoms with Crippen molar-refractivity contribution in [3.63, 3.8) is 0 Å². The van der Waals surface area contributed by atoms with Gasteiger partial charge >= 0.3 is 0 Å². The standard InChI is InChI=1S/C17H17N3O2/c1-10-5-4-6-13-9-14(22-16(10)13)17(21)20-12(3)15-11(2)18-7-8-19-15/h4-9,12H,1-3H3,(H,20,21). The average molecular weight is 295 g/mol. The second kappa shape index (κ2) is 5.60. The molecule has 3 aromatic rings. The third kappa shape index (κ3) is 2.57. The molecular weight excluding hydrogens is 278 g/mol. The topological polar surface area (TPSA) is 68.0 Å². The van der Waals surface area contributed by atoms with Crippen molar-refractivity contribution in [2.45, 2.75) is 26.8 Å². The van der Waals surface area contributed by atoms with Gasteiger partial charge in [-0.25, -0.2) is 0 Å². The summed E-state index contributed by atoms with van der Waals surface area (Å²) >= 11 is 0. The van der Waals surface area contributed by atoms with Crippen LogP contribution in [-0.2, 0) is 0 Å². The molecule has 0 saturated carbocycles. The summed E-state index contributed by atoms with van der Waals surface area (Å²) in [6.07, 6.45) is 3.25. The number of carbonyl (C=O) groups is 1. The minimum absolute atomic E-state index is 0.240. The predicted molar refractivity (Wildman–Crippen MR) is 83.6 cm³/mol. The van der Waals surface area contributed by atoms with Gasteiger partial charge in [0.15, 0.2) is 5.76 Å². The quantitative estimate of drug-likeness (QED) is 0.804. The lowest BCUT2D eigenvalue weighted by Crippen LogP contribution is -2.27. The zero-order valence-electron chi connectivity index (χ0n) is 12.8. The number of hydrogen-bond acceptors (Lipinski definition) is 4. The molecule has 1 unspecified atom stereocenters. The lowest BCUT2D eigenvalue weighted by Gasteiger charge is -2.13. The van der Waals surface area contributed by atoms with Crippen LogP contribution in [0.4, 0.5) is 0 Å². The molecule has 3 rings (SSSR count). The molecule has 0 aliphatic heterocycles. The Kier molecular flexibility index (Phi) is 3.63. The van der Waals surface area contributed by atoms with E-state index in [0.29, 0.717) is 5.76 Å². The van der Waals surface area contributed by atoms with Gasteiger partial charge in [-0.05, 0) is 32.4 Å². The van der Waals surface area contributed by atoms with Gasteiger partial charge in [0.2, 0.25) is 0 Å². The molecular formula is C17H17N3O2. The first-order valence-electron chi connectivity index (χ1n) is 7.14. The number of fused-ring (bicyclic) bond motifs is 1. The number of carbonyl (C=O) groups excluding carboxylic acids is 1. The van der Waals surface area contributed by atoms with Gasteiger partial charge in [-0.1, -0.05) is 18.2 Å². The number of benzene rings is 1. The fourth-order valence-electron chi connectivity index (χ4n) is 2.50. The number of furan rings is 1. The van der Waals surface area contributed by atoms with Crippen LogP contribution >= 0.6 is 0 Å². The number of aryl methyl sites for hydroxylation is 2. The van der Waals surface area contributed by atoms with E-state index in [1.807, 2.05) is 39.0 Å². The molecule has 2 heterocycles. The van der Waals surface area contributed by atoms with Crippen molar-refractivity contribution in [2.24, 2.45) is 0 Å². The number of para-hydroxylation sites is 1. The van der Waals surface area contributed by atoms with E-state index in [1.54, 1.807) is 18.5 Å². The molecule has 0 saturated heterocycles. The van der Waals surface area contributed by atoms with Gasteiger partial charge in [0.25, 0.3) is 5.91 Å². The van der Waals surface area contributed by atoms with Crippen LogP contribution in [0.3, 0.4) is 0 Å². The summed E-state index contributed by atoms with van der Waals surface area (Å²) in [5.41, 5.74) is 3.31. The number of nitrogens with zero attached hydrogens (tertiary/aromatic N) is 2. The van der Waals surface area contributed by atoms with Gasteiger partial charge in [0.1, 0.15) is 5.58 Å². The lowest BCUT2D eigenvalue weighted by molar-refractivity contribution is 0.0913. The fourth-order valence-corrected chi connectivity index (χ4v) is 2.50. The summed E-state index contributed by atoms with van der Waals surface area (Å²) in [5, 5.41) is 3.82. The van der Waals surface area contributed by atoms with Crippen LogP contribution in [0.1, 0.15) is 40.5 Å². The summed E-state index contributed by atoms with van der Waals surface area (Å²) in [4.78, 5) is 20.8. The fraction of sp³-hybridized carbons (Fsp3) is 0.235. The Morgan fingerprint density at radius 2 is 2.00 bits per heavy atom. The maximum absolute atomic E-state index is 12.4. The van der Waals surface area contributed by atoms with E-state index in [9.17, 15) is 4.79 Å². The summed E-state index contributed by atoms with van der Waals surface area (Å²) in [7, 11) is 0. The van der Waals surface area contributed by atoms with E-state index < -0.39 is 0 Å². The van der Waals surface area contributed by atoms with Gasteiger partial charge in [-0.15, -0.1) is 0 Å². The SMILES string of the molecule is Cc1nccnc1C(C)NC(=O)c1cc2cccc(C)c2o1. The highest BCUT2D eigenvalue weighted by Gasteiger charge is 2.18. The Balaban J connectivity index is 1.84. The molecule has 1 atom stereocenters. The lowest BCUT2D eigenvalue weighted by atomic mass is 10.1. The molecule has 0 aliphatic rings. The first-order chi connectivity index (χ1) is 10.6. The molecule has 5 nitrogen and oxygen atoms in total. The molecule has 0 aliphatic carbocycles. The summed E-state index contributed by atoms with van der Waals surface area (Å²) in [6.45, 7) is 5.71. The third-order valence-electron chi connectivity index (χ3n) is 3.64. The Labute approximate surface area is 128 Å². The summed E-state index contributed by atoms with van der Waals surface area (Å²) < 4.78 is 5.68. The van der Waals surface area contributed by atoms with Crippen molar-refractivity contribution in [2.75, 3.05) is 0 Å². The smallest absolute Gasteiger partial charge is 0.287 e. The molecule has 22 heavy (non-hydrogen) atoms. The number of hydrogen-bond donors (Lipinski definition) is 1. The maximum atomic E-state index is 12.4. The molecule has 0 fully saturated rings. The van der Waals surface area contributed by atoms with Crippen molar-refractivity contribution in [3.8, 4) is 0 Å². The van der Waals surface area contributed by atoms with Gasteiger partial charge in [0.05, 0.1) is 17.4 Å². The summed E-state index contributed by atoms with van der Waals surface area (Å²) in [5.74, 6) is 0.0471. The molecule has 0 radical (unpaired) electrons. The van der Waals surface area contributed by atoms with Gasteiger partial charge in [-0.2, -0.15) is 0 Å². The molecule has 2 aromatic heterocycles. The van der Waals surface area contributed by atoms with E-state index >= 15 is 0 Å². The largest absolute Gasteiger partial charge is 0.451 e. The van der Waals surface area contributed by atoms with Gasteiger partial charge in [0, 0.05) is 17.8 Å². The molecule has 0 spiro atoms. The van der Waals surface area contributed by atoms with E-state index in [-0.39, 0.29) is 11.9 Å². The highest BCUT2D eigenvalue weighted by Crippen LogP contribution is 2.23. The van der Waals surface area contributed by atoms with Crippen LogP contribution in [0.15, 0.2) is 41.1 Å². The minimum Gasteiger partial charge on any atom is -0.451 e. The van der Waals surface area contributed by atoms with Crippen molar-refractivity contribution in [1.82, 2.24) is 15.3 Å². The van der Waals surface area contributed by atoms with E-state index in [1.165, 1.54) is 0 Å². The molecule has 0 bridgehead atoms. The van der Waals surface area contributed by atoms with Gasteiger partial charge < -0.3 is 9.73 Å². The Hall–Kier alpha value is -2.69. The number of nitrogens with one attached hydrogen (secondary N) is 1. The minimum atomic E-state index is -0.256. The molecule has 112 valence electrons. The van der Waals surface area contributed by atoms with Crippen LogP contribution < -0.4 is 5.32 Å². The zero-order valence-corrected chi connectivity index (χ0v) is 12.8. The third-order valence-corrected chi connectivity index (χ3v) is 3.64. The van der Waals surface area contributed by atoms with Crippen molar-refractivity contribution in [3.05, 3.63) is 59.4 Å². The van der Waals surface area contributed by atoms with Crippen molar-refractivity contribution >= 4 is 16.9 Å². The Bertz CT molecular complexity index is 839. The van der Waals surface area contributed by atoms with Gasteiger partial charge in [-0.3, -0.25) is 14.8 Å². The van der Waals surface area contributed by atoms with Crippen LogP contribution in [0.5, 0.6) is 0 Å². The number of rotatable bonds is 3.